The molecule has 192 valence electrons. The number of sulfonamides is 1. The van der Waals surface area contributed by atoms with E-state index in [2.05, 4.69) is 25.5 Å². The number of nitrogens with two attached hydrogens (primary N) is 1. The number of hydrogen-bond donors (Lipinski definition) is 3. The van der Waals surface area contributed by atoms with Crippen LogP contribution in [0.5, 0.6) is 5.75 Å². The Morgan fingerprint density at radius 2 is 1.71 bits per heavy atom. The maximum atomic E-state index is 13.9. The summed E-state index contributed by atoms with van der Waals surface area (Å²) in [6, 6.07) is 21.8. The largest absolute Gasteiger partial charge is 0.497 e. The Labute approximate surface area is 219 Å². The number of fused-ring (bicyclic) bond motifs is 2. The van der Waals surface area contributed by atoms with E-state index in [9.17, 15) is 8.42 Å². The Kier molecular flexibility index (Phi) is 5.84. The van der Waals surface area contributed by atoms with Crippen LogP contribution < -0.4 is 20.1 Å². The van der Waals surface area contributed by atoms with Crippen LogP contribution in [0.1, 0.15) is 5.56 Å². The number of ether oxygens (including phenoxy) is 1. The Morgan fingerprint density at radius 1 is 1.00 bits per heavy atom. The fraction of sp³-hybridized carbons (Fsp3) is 0.148. The molecule has 0 bridgehead atoms. The normalized spacial score (nSPS) is 15.3. The summed E-state index contributed by atoms with van der Waals surface area (Å²) in [5.41, 5.74) is 9.86. The van der Waals surface area contributed by atoms with Gasteiger partial charge in [-0.25, -0.2) is 8.42 Å². The van der Waals surface area contributed by atoms with E-state index in [1.807, 2.05) is 60.7 Å². The molecule has 5 aromatic rings. The highest BCUT2D eigenvalue weighted by Crippen LogP contribution is 2.34. The van der Waals surface area contributed by atoms with Crippen molar-refractivity contribution >= 4 is 38.5 Å². The summed E-state index contributed by atoms with van der Waals surface area (Å²) in [6.45, 7) is 0.211. The number of rotatable bonds is 6. The lowest BCUT2D eigenvalue weighted by molar-refractivity contribution is 0.415. The molecule has 3 aromatic carbocycles. The highest BCUT2D eigenvalue weighted by molar-refractivity contribution is 7.92. The summed E-state index contributed by atoms with van der Waals surface area (Å²) in [6.07, 6.45) is 2.23. The molecule has 10 nitrogen and oxygen atoms in total. The van der Waals surface area contributed by atoms with Gasteiger partial charge in [-0.15, -0.1) is 0 Å². The number of nitrogen functional groups attached to an aromatic ring is 1. The standard InChI is InChI=1S/C27H25N7O3S/c1-37-21-10-6-17(7-11-21)18-8-12-22(13-9-18)38(35,36)34-16-20(14-19-4-2-3-5-24(19)34)30-25-23-15-29-33-26(23)32-27(28)31-25/h2-13,15,20H,14,16H2,1H3,(H4,28,29,30,31,32,33). The van der Waals surface area contributed by atoms with Gasteiger partial charge in [-0.1, -0.05) is 42.5 Å². The number of para-hydroxylation sites is 1. The van der Waals surface area contributed by atoms with Crippen molar-refractivity contribution in [2.24, 2.45) is 0 Å². The first-order chi connectivity index (χ1) is 18.4. The van der Waals surface area contributed by atoms with E-state index >= 15 is 0 Å². The number of aromatic nitrogens is 4. The van der Waals surface area contributed by atoms with Crippen LogP contribution in [0.2, 0.25) is 0 Å². The monoisotopic (exact) mass is 527 g/mol. The number of anilines is 3. The van der Waals surface area contributed by atoms with E-state index in [1.165, 1.54) is 4.31 Å². The van der Waals surface area contributed by atoms with Gasteiger partial charge in [0, 0.05) is 0 Å². The topological polar surface area (TPSA) is 139 Å². The van der Waals surface area contributed by atoms with E-state index < -0.39 is 10.0 Å². The molecule has 0 amide bonds. The fourth-order valence-corrected chi connectivity index (χ4v) is 6.31. The maximum absolute atomic E-state index is 13.9. The lowest BCUT2D eigenvalue weighted by Crippen LogP contribution is -2.45. The molecule has 0 saturated heterocycles. The summed E-state index contributed by atoms with van der Waals surface area (Å²) >= 11 is 0. The smallest absolute Gasteiger partial charge is 0.264 e. The fourth-order valence-electron chi connectivity index (χ4n) is 4.77. The molecule has 3 heterocycles. The number of hydrogen-bond acceptors (Lipinski definition) is 8. The Balaban J connectivity index is 1.32. The molecule has 11 heteroatoms. The number of H-pyrrole nitrogens is 1. The van der Waals surface area contributed by atoms with Gasteiger partial charge in [0.05, 0.1) is 41.9 Å². The van der Waals surface area contributed by atoms with E-state index in [4.69, 9.17) is 10.5 Å². The summed E-state index contributed by atoms with van der Waals surface area (Å²) < 4.78 is 34.5. The molecular weight excluding hydrogens is 502 g/mol. The minimum Gasteiger partial charge on any atom is -0.497 e. The van der Waals surface area contributed by atoms with Gasteiger partial charge >= 0.3 is 0 Å². The highest BCUT2D eigenvalue weighted by atomic mass is 32.2. The molecule has 1 atom stereocenters. The zero-order valence-corrected chi connectivity index (χ0v) is 21.3. The quantitative estimate of drug-likeness (QED) is 0.303. The van der Waals surface area contributed by atoms with Crippen molar-refractivity contribution in [1.29, 1.82) is 0 Å². The Morgan fingerprint density at radius 3 is 2.45 bits per heavy atom. The molecule has 1 aliphatic rings. The minimum atomic E-state index is -3.85. The number of methoxy groups -OCH3 is 1. The summed E-state index contributed by atoms with van der Waals surface area (Å²) in [5.74, 6) is 1.37. The van der Waals surface area contributed by atoms with Crippen molar-refractivity contribution in [2.75, 3.05) is 29.0 Å². The molecular formula is C27H25N7O3S. The minimum absolute atomic E-state index is 0.0990. The van der Waals surface area contributed by atoms with Crippen LogP contribution >= 0.6 is 0 Å². The van der Waals surface area contributed by atoms with Gasteiger partial charge in [0.25, 0.3) is 10.0 Å². The number of aromatic amines is 1. The number of nitrogens with one attached hydrogen (secondary N) is 2. The molecule has 0 aliphatic carbocycles. The number of benzene rings is 3. The average Bonchev–Trinajstić information content (AvgIpc) is 3.41. The SMILES string of the molecule is COc1ccc(-c2ccc(S(=O)(=O)N3CC(Nc4nc(N)nc5[nH]ncc45)Cc4ccccc43)cc2)cc1. The van der Waals surface area contributed by atoms with Crippen molar-refractivity contribution in [2.45, 2.75) is 17.4 Å². The van der Waals surface area contributed by atoms with Gasteiger partial charge in [-0.3, -0.25) is 9.40 Å². The van der Waals surface area contributed by atoms with Crippen LogP contribution in [0.4, 0.5) is 17.5 Å². The molecule has 38 heavy (non-hydrogen) atoms. The van der Waals surface area contributed by atoms with Crippen molar-refractivity contribution in [3.63, 3.8) is 0 Å². The molecule has 6 rings (SSSR count). The molecule has 1 aliphatic heterocycles. The third-order valence-corrected chi connectivity index (χ3v) is 8.44. The van der Waals surface area contributed by atoms with Gasteiger partial charge in [-0.2, -0.15) is 15.1 Å². The van der Waals surface area contributed by atoms with E-state index in [-0.39, 0.29) is 23.4 Å². The predicted molar refractivity (Wildman–Crippen MR) is 147 cm³/mol. The first-order valence-corrected chi connectivity index (χ1v) is 13.4. The zero-order chi connectivity index (χ0) is 26.3. The van der Waals surface area contributed by atoms with E-state index in [1.54, 1.807) is 25.4 Å². The molecule has 2 aromatic heterocycles. The van der Waals surface area contributed by atoms with Crippen molar-refractivity contribution in [1.82, 2.24) is 20.2 Å². The van der Waals surface area contributed by atoms with E-state index in [0.717, 1.165) is 22.4 Å². The van der Waals surface area contributed by atoms with Crippen LogP contribution in [-0.4, -0.2) is 48.3 Å². The van der Waals surface area contributed by atoms with Gasteiger partial charge < -0.3 is 15.8 Å². The second-order valence-corrected chi connectivity index (χ2v) is 10.9. The Bertz CT molecular complexity index is 1720. The lowest BCUT2D eigenvalue weighted by Gasteiger charge is -2.35. The van der Waals surface area contributed by atoms with Gasteiger partial charge in [0.1, 0.15) is 11.6 Å². The lowest BCUT2D eigenvalue weighted by atomic mass is 9.99. The number of nitrogens with zero attached hydrogens (tertiary/aromatic N) is 4. The molecule has 0 fully saturated rings. The van der Waals surface area contributed by atoms with Gasteiger partial charge in [-0.05, 0) is 53.4 Å². The van der Waals surface area contributed by atoms with Crippen molar-refractivity contribution < 1.29 is 13.2 Å². The summed E-state index contributed by atoms with van der Waals surface area (Å²) in [5, 5.41) is 10.9. The van der Waals surface area contributed by atoms with Gasteiger partial charge in [0.15, 0.2) is 5.65 Å². The van der Waals surface area contributed by atoms with Crippen molar-refractivity contribution in [3.8, 4) is 16.9 Å². The average molecular weight is 528 g/mol. The van der Waals surface area contributed by atoms with Crippen LogP contribution in [-0.2, 0) is 16.4 Å². The third-order valence-electron chi connectivity index (χ3n) is 6.65. The van der Waals surface area contributed by atoms with Crippen LogP contribution in [0.3, 0.4) is 0 Å². The van der Waals surface area contributed by atoms with Crippen LogP contribution in [0.15, 0.2) is 83.9 Å². The first kappa shape index (κ1) is 23.7. The third kappa shape index (κ3) is 4.26. The van der Waals surface area contributed by atoms with Crippen LogP contribution in [0, 0.1) is 0 Å². The highest BCUT2D eigenvalue weighted by Gasteiger charge is 2.33. The molecule has 0 spiro atoms. The van der Waals surface area contributed by atoms with E-state index in [0.29, 0.717) is 29.0 Å². The maximum Gasteiger partial charge on any atom is 0.264 e. The summed E-state index contributed by atoms with van der Waals surface area (Å²) in [7, 11) is -2.23. The molecule has 0 saturated carbocycles. The predicted octanol–water partition coefficient (Wildman–Crippen LogP) is 3.84. The Hall–Kier alpha value is -4.64. The van der Waals surface area contributed by atoms with Crippen LogP contribution in [0.25, 0.3) is 22.2 Å². The molecule has 0 radical (unpaired) electrons. The second kappa shape index (κ2) is 9.34. The zero-order valence-electron chi connectivity index (χ0n) is 20.5. The molecule has 4 N–H and O–H groups in total. The van der Waals surface area contributed by atoms with Gasteiger partial charge in [0.2, 0.25) is 5.95 Å². The second-order valence-electron chi connectivity index (χ2n) is 9.03. The molecule has 1 unspecified atom stereocenters. The summed E-state index contributed by atoms with van der Waals surface area (Å²) in [4.78, 5) is 8.71. The van der Waals surface area contributed by atoms with Crippen molar-refractivity contribution in [3.05, 3.63) is 84.6 Å². The first-order valence-electron chi connectivity index (χ1n) is 12.0.